The van der Waals surface area contributed by atoms with Crippen molar-refractivity contribution in [2.75, 3.05) is 5.75 Å². The summed E-state index contributed by atoms with van der Waals surface area (Å²) >= 11 is 0. The van der Waals surface area contributed by atoms with Crippen molar-refractivity contribution in [2.24, 2.45) is 0 Å². The summed E-state index contributed by atoms with van der Waals surface area (Å²) < 4.78 is 32.4. The molecule has 7 heteroatoms. The second kappa shape index (κ2) is 37.1. The zero-order valence-electron chi connectivity index (χ0n) is 32.5. The normalized spacial score (nSPS) is 13.8. The van der Waals surface area contributed by atoms with E-state index in [-0.39, 0.29) is 12.3 Å². The number of unbranched alkanes of at least 4 members (excludes halogenated alkanes) is 23. The van der Waals surface area contributed by atoms with Gasteiger partial charge in [0.15, 0.2) is 0 Å². The molecule has 0 saturated heterocycles. The van der Waals surface area contributed by atoms with Gasteiger partial charge in [0.1, 0.15) is 0 Å². The highest BCUT2D eigenvalue weighted by molar-refractivity contribution is 7.85. The lowest BCUT2D eigenvalue weighted by molar-refractivity contribution is -0.122. The van der Waals surface area contributed by atoms with E-state index in [1.165, 1.54) is 141 Å². The van der Waals surface area contributed by atoms with Crippen LogP contribution in [0.4, 0.5) is 0 Å². The molecule has 0 aromatic heterocycles. The van der Waals surface area contributed by atoms with E-state index < -0.39 is 28.0 Å². The van der Waals surface area contributed by atoms with Gasteiger partial charge in [0.2, 0.25) is 5.91 Å². The Balaban J connectivity index is 3.87. The maximum absolute atomic E-state index is 12.5. The van der Waals surface area contributed by atoms with Gasteiger partial charge in [0, 0.05) is 6.42 Å². The number of carbonyl (C=O) groups is 1. The molecule has 3 N–H and O–H groups in total. The van der Waals surface area contributed by atoms with Crippen LogP contribution in [0.1, 0.15) is 200 Å². The van der Waals surface area contributed by atoms with Crippen molar-refractivity contribution < 1.29 is 22.9 Å². The van der Waals surface area contributed by atoms with E-state index in [0.717, 1.165) is 38.5 Å². The van der Waals surface area contributed by atoms with Crippen LogP contribution in [-0.4, -0.2) is 41.9 Å². The first-order chi connectivity index (χ1) is 24.3. The van der Waals surface area contributed by atoms with Crippen molar-refractivity contribution in [1.82, 2.24) is 5.32 Å². The average Bonchev–Trinajstić information content (AvgIpc) is 3.08. The summed E-state index contributed by atoms with van der Waals surface area (Å²) in [6, 6.07) is -1.07. The highest BCUT2D eigenvalue weighted by Crippen LogP contribution is 2.14. The molecule has 6 nitrogen and oxygen atoms in total. The number of allylic oxidation sites excluding steroid dienone is 7. The van der Waals surface area contributed by atoms with Crippen LogP contribution in [0.15, 0.2) is 48.6 Å². The molecule has 1 amide bonds. The zero-order chi connectivity index (χ0) is 36.8. The van der Waals surface area contributed by atoms with Crippen LogP contribution in [0.5, 0.6) is 0 Å². The van der Waals surface area contributed by atoms with Crippen LogP contribution < -0.4 is 5.32 Å². The fourth-order valence-electron chi connectivity index (χ4n) is 6.08. The van der Waals surface area contributed by atoms with Crippen molar-refractivity contribution in [3.63, 3.8) is 0 Å². The number of hydrogen-bond donors (Lipinski definition) is 3. The third kappa shape index (κ3) is 37.6. The Kier molecular flexibility index (Phi) is 35.8. The number of rotatable bonds is 37. The Bertz CT molecular complexity index is 972. The summed E-state index contributed by atoms with van der Waals surface area (Å²) in [6.07, 6.45) is 49.6. The molecular weight excluding hydrogens is 643 g/mol. The third-order valence-electron chi connectivity index (χ3n) is 9.23. The minimum Gasteiger partial charge on any atom is -0.387 e. The summed E-state index contributed by atoms with van der Waals surface area (Å²) in [6.45, 7) is 4.49. The number of aliphatic hydroxyl groups excluding tert-OH is 1. The van der Waals surface area contributed by atoms with Gasteiger partial charge in [-0.15, -0.1) is 0 Å². The van der Waals surface area contributed by atoms with Gasteiger partial charge in [-0.1, -0.05) is 178 Å². The lowest BCUT2D eigenvalue weighted by atomic mass is 10.0. The van der Waals surface area contributed by atoms with Crippen LogP contribution in [-0.2, 0) is 14.9 Å². The molecule has 50 heavy (non-hydrogen) atoms. The number of aliphatic hydroxyl groups is 1. The summed E-state index contributed by atoms with van der Waals surface area (Å²) in [5, 5.41) is 13.2. The van der Waals surface area contributed by atoms with Crippen LogP contribution in [0.2, 0.25) is 0 Å². The van der Waals surface area contributed by atoms with Crippen LogP contribution in [0.25, 0.3) is 0 Å². The summed E-state index contributed by atoms with van der Waals surface area (Å²) in [4.78, 5) is 12.5. The number of amides is 1. The zero-order valence-corrected chi connectivity index (χ0v) is 33.3. The van der Waals surface area contributed by atoms with E-state index in [9.17, 15) is 22.9 Å². The smallest absolute Gasteiger partial charge is 0.267 e. The molecule has 2 unspecified atom stereocenters. The predicted octanol–water partition coefficient (Wildman–Crippen LogP) is 12.3. The van der Waals surface area contributed by atoms with E-state index in [1.54, 1.807) is 6.08 Å². The quantitative estimate of drug-likeness (QED) is 0.0336. The maximum Gasteiger partial charge on any atom is 0.267 e. The van der Waals surface area contributed by atoms with E-state index in [4.69, 9.17) is 0 Å². The molecule has 0 fully saturated rings. The van der Waals surface area contributed by atoms with E-state index in [2.05, 4.69) is 55.6 Å². The lowest BCUT2D eigenvalue weighted by Gasteiger charge is -2.21. The molecule has 0 radical (unpaired) electrons. The van der Waals surface area contributed by atoms with Crippen molar-refractivity contribution in [3.8, 4) is 0 Å². The van der Waals surface area contributed by atoms with Crippen LogP contribution in [0.3, 0.4) is 0 Å². The van der Waals surface area contributed by atoms with E-state index in [1.807, 2.05) is 0 Å². The topological polar surface area (TPSA) is 104 Å². The predicted molar refractivity (Wildman–Crippen MR) is 216 cm³/mol. The van der Waals surface area contributed by atoms with Crippen molar-refractivity contribution in [3.05, 3.63) is 48.6 Å². The average molecular weight is 722 g/mol. The SMILES string of the molecule is CCCCCCC/C=C\C/C=C\CCCCCCCCCCCCCC(=O)NC(CS(=O)(=O)O)C(O)/C=C/CC/C=C/CCCCCCCC. The number of hydrogen-bond acceptors (Lipinski definition) is 4. The van der Waals surface area contributed by atoms with Crippen LogP contribution in [0, 0.1) is 0 Å². The first-order valence-electron chi connectivity index (χ1n) is 20.8. The highest BCUT2D eigenvalue weighted by Gasteiger charge is 2.24. The Morgan fingerprint density at radius 1 is 0.540 bits per heavy atom. The molecule has 0 aromatic carbocycles. The minimum absolute atomic E-state index is 0.285. The summed E-state index contributed by atoms with van der Waals surface area (Å²) in [5.74, 6) is -1.00. The number of carbonyl (C=O) groups excluding carboxylic acids is 1. The molecule has 0 saturated carbocycles. The van der Waals surface area contributed by atoms with Gasteiger partial charge in [-0.25, -0.2) is 0 Å². The first-order valence-corrected chi connectivity index (χ1v) is 22.4. The summed E-state index contributed by atoms with van der Waals surface area (Å²) in [7, 11) is -4.35. The molecule has 292 valence electrons. The molecule has 0 aromatic rings. The first kappa shape index (κ1) is 48.3. The second-order valence-corrected chi connectivity index (χ2v) is 15.8. The van der Waals surface area contributed by atoms with Gasteiger partial charge >= 0.3 is 0 Å². The molecule has 0 aliphatic carbocycles. The fourth-order valence-corrected chi connectivity index (χ4v) is 6.82. The Hall–Kier alpha value is -1.70. The van der Waals surface area contributed by atoms with E-state index >= 15 is 0 Å². The van der Waals surface area contributed by atoms with Gasteiger partial charge in [0.05, 0.1) is 17.9 Å². The van der Waals surface area contributed by atoms with Gasteiger partial charge < -0.3 is 10.4 Å². The fraction of sp³-hybridized carbons (Fsp3) is 0.791. The monoisotopic (exact) mass is 722 g/mol. The molecule has 2 atom stereocenters. The molecule has 0 heterocycles. The largest absolute Gasteiger partial charge is 0.387 e. The van der Waals surface area contributed by atoms with Gasteiger partial charge in [-0.05, 0) is 64.2 Å². The van der Waals surface area contributed by atoms with Gasteiger partial charge in [0.25, 0.3) is 10.1 Å². The molecule has 0 aliphatic rings. The summed E-state index contributed by atoms with van der Waals surface area (Å²) in [5.41, 5.74) is 0. The van der Waals surface area contributed by atoms with Crippen molar-refractivity contribution in [1.29, 1.82) is 0 Å². The molecule has 0 aliphatic heterocycles. The van der Waals surface area contributed by atoms with E-state index in [0.29, 0.717) is 6.42 Å². The number of nitrogens with one attached hydrogen (secondary N) is 1. The molecule has 0 bridgehead atoms. The Labute approximate surface area is 309 Å². The van der Waals surface area contributed by atoms with Crippen molar-refractivity contribution in [2.45, 2.75) is 212 Å². The van der Waals surface area contributed by atoms with Crippen LogP contribution >= 0.6 is 0 Å². The molecular formula is C43H79NO5S. The standard InChI is InChI=1S/C43H79NO5S/c1-3-5-7-9-11-13-15-17-18-19-20-21-22-23-24-25-26-27-29-31-33-35-37-39-43(46)44-41(40-50(47,48)49)42(45)38-36-34-32-30-28-16-14-12-10-8-6-4-2/h15,17,19-20,28,30,36,38,41-42,45H,3-14,16,18,21-27,29,31-35,37,39-40H2,1-2H3,(H,44,46)(H,47,48,49)/b17-15-,20-19-,30-28+,38-36+. The van der Waals surface area contributed by atoms with Crippen molar-refractivity contribution >= 4 is 16.0 Å². The van der Waals surface area contributed by atoms with Gasteiger partial charge in [-0.2, -0.15) is 8.42 Å². The van der Waals surface area contributed by atoms with Gasteiger partial charge in [-0.3, -0.25) is 9.35 Å². The lowest BCUT2D eigenvalue weighted by Crippen LogP contribution is -2.46. The highest BCUT2D eigenvalue weighted by atomic mass is 32.2. The Morgan fingerprint density at radius 3 is 1.38 bits per heavy atom. The minimum atomic E-state index is -4.35. The molecule has 0 spiro atoms. The molecule has 0 rings (SSSR count). The third-order valence-corrected chi connectivity index (χ3v) is 10.0. The Morgan fingerprint density at radius 2 is 0.920 bits per heavy atom. The maximum atomic E-state index is 12.5. The second-order valence-electron chi connectivity index (χ2n) is 14.3.